The summed E-state index contributed by atoms with van der Waals surface area (Å²) in [6, 6.07) is 13.3. The third-order valence-corrected chi connectivity index (χ3v) is 11.7. The van der Waals surface area contributed by atoms with Crippen LogP contribution in [-0.4, -0.2) is 66.3 Å². The Morgan fingerprint density at radius 3 is 2.28 bits per heavy atom. The van der Waals surface area contributed by atoms with Gasteiger partial charge in [-0.15, -0.1) is 0 Å². The predicted molar refractivity (Wildman–Crippen MR) is 167 cm³/mol. The highest BCUT2D eigenvalue weighted by molar-refractivity contribution is 6.33. The molecule has 2 aromatic carbocycles. The predicted octanol–water partition coefficient (Wildman–Crippen LogP) is 5.38. The molecule has 2 aliphatic carbocycles. The summed E-state index contributed by atoms with van der Waals surface area (Å²) in [5, 5.41) is 7.01. The number of piperidine rings is 4. The topological polar surface area (TPSA) is 81.8 Å². The molecular formula is C35H43ClN4O3. The summed E-state index contributed by atoms with van der Waals surface area (Å²) in [5.74, 6) is 0.964. The molecule has 2 bridgehead atoms. The van der Waals surface area contributed by atoms with E-state index in [-0.39, 0.29) is 35.1 Å². The van der Waals surface area contributed by atoms with Crippen molar-refractivity contribution in [2.45, 2.75) is 76.3 Å². The summed E-state index contributed by atoms with van der Waals surface area (Å²) in [6.45, 7) is 4.94. The summed E-state index contributed by atoms with van der Waals surface area (Å²) in [7, 11) is 0. The van der Waals surface area contributed by atoms with Crippen LogP contribution in [0.5, 0.6) is 0 Å². The Kier molecular flexibility index (Phi) is 7.97. The minimum absolute atomic E-state index is 0.0753. The van der Waals surface area contributed by atoms with Gasteiger partial charge in [-0.2, -0.15) is 0 Å². The molecule has 5 fully saturated rings. The fourth-order valence-corrected chi connectivity index (χ4v) is 8.78. The summed E-state index contributed by atoms with van der Waals surface area (Å²) >= 11 is 6.25. The van der Waals surface area contributed by atoms with Crippen LogP contribution in [0.2, 0.25) is 5.02 Å². The Bertz CT molecular complexity index is 1390. The number of fused-ring (bicyclic) bond motifs is 4. The number of halogens is 1. The first-order valence-electron chi connectivity index (χ1n) is 16.4. The maximum atomic E-state index is 13.6. The molecule has 2 N–H and O–H groups in total. The molecule has 2 aromatic rings. The van der Waals surface area contributed by atoms with Crippen molar-refractivity contribution in [3.63, 3.8) is 0 Å². The minimum Gasteiger partial charge on any atom is -0.352 e. The van der Waals surface area contributed by atoms with Gasteiger partial charge in [-0.25, -0.2) is 0 Å². The molecule has 0 radical (unpaired) electrons. The molecule has 4 heterocycles. The van der Waals surface area contributed by atoms with Gasteiger partial charge in [0, 0.05) is 37.2 Å². The lowest BCUT2D eigenvalue weighted by Crippen LogP contribution is -2.58. The van der Waals surface area contributed by atoms with Crippen LogP contribution >= 0.6 is 11.6 Å². The lowest BCUT2D eigenvalue weighted by atomic mass is 9.65. The number of hydrogen-bond acceptors (Lipinski definition) is 4. The second-order valence-corrected chi connectivity index (χ2v) is 14.2. The quantitative estimate of drug-likeness (QED) is 0.481. The van der Waals surface area contributed by atoms with Gasteiger partial charge < -0.3 is 20.4 Å². The molecule has 228 valence electrons. The number of hydrogen-bond donors (Lipinski definition) is 2. The molecule has 1 spiro atoms. The highest BCUT2D eigenvalue weighted by atomic mass is 35.5. The Hall–Kier alpha value is -2.90. The number of carbonyl (C=O) groups excluding carboxylic acids is 3. The zero-order chi connectivity index (χ0) is 29.6. The average Bonchev–Trinajstić information content (AvgIpc) is 3.44. The van der Waals surface area contributed by atoms with Crippen molar-refractivity contribution in [3.05, 3.63) is 69.7 Å². The van der Waals surface area contributed by atoms with Gasteiger partial charge in [0.05, 0.1) is 16.6 Å². The second kappa shape index (κ2) is 11.9. The van der Waals surface area contributed by atoms with Gasteiger partial charge in [0.25, 0.3) is 11.8 Å². The zero-order valence-corrected chi connectivity index (χ0v) is 25.7. The van der Waals surface area contributed by atoms with Crippen LogP contribution in [0.15, 0.2) is 42.5 Å². The number of aryl methyl sites for hydroxylation is 1. The lowest BCUT2D eigenvalue weighted by molar-refractivity contribution is -0.129. The largest absolute Gasteiger partial charge is 0.352 e. The number of nitrogens with zero attached hydrogens (tertiary/aromatic N) is 2. The number of rotatable bonds is 5. The standard InChI is InChI=1S/C35H43ClN4O3/c36-29-4-2-1-3-27(29)33(42)37-30-8-7-23-5-6-26(21-28(23)30)34(43)40-19-15-35(16-20-40)13-9-25(10-14-35)32(41)38-31-22-39-17-11-24(31)12-18-39/h1-6,21,24-25,30-31H,7-20,22H2,(H,37,42)(H,38,41)/t30-,31-/m1/s1. The molecule has 0 aromatic heterocycles. The molecule has 43 heavy (non-hydrogen) atoms. The van der Waals surface area contributed by atoms with E-state index in [0.29, 0.717) is 28.1 Å². The summed E-state index contributed by atoms with van der Waals surface area (Å²) in [6.07, 6.45) is 10.2. The maximum Gasteiger partial charge on any atom is 0.253 e. The molecule has 4 aliphatic heterocycles. The third kappa shape index (κ3) is 5.83. The Morgan fingerprint density at radius 1 is 0.837 bits per heavy atom. The van der Waals surface area contributed by atoms with Gasteiger partial charge in [-0.05, 0) is 124 Å². The molecule has 6 aliphatic rings. The van der Waals surface area contributed by atoms with E-state index >= 15 is 0 Å². The Morgan fingerprint density at radius 2 is 1.58 bits per heavy atom. The first kappa shape index (κ1) is 28.8. The minimum atomic E-state index is -0.187. The van der Waals surface area contributed by atoms with E-state index < -0.39 is 0 Å². The SMILES string of the molecule is O=C(N[C@@H]1CCc2ccc(C(=O)N3CCC4(CCC(C(=O)N[C@@H]5CN6CCC5CC6)CC4)CC3)cc21)c1ccccc1Cl. The van der Waals surface area contributed by atoms with E-state index in [1.54, 1.807) is 12.1 Å². The summed E-state index contributed by atoms with van der Waals surface area (Å²) in [5.41, 5.74) is 3.65. The summed E-state index contributed by atoms with van der Waals surface area (Å²) < 4.78 is 0. The van der Waals surface area contributed by atoms with E-state index in [9.17, 15) is 14.4 Å². The van der Waals surface area contributed by atoms with Crippen molar-refractivity contribution in [3.8, 4) is 0 Å². The highest BCUT2D eigenvalue weighted by Crippen LogP contribution is 2.47. The first-order valence-corrected chi connectivity index (χ1v) is 16.8. The average molecular weight is 603 g/mol. The smallest absolute Gasteiger partial charge is 0.253 e. The van der Waals surface area contributed by atoms with Crippen molar-refractivity contribution >= 4 is 29.3 Å². The number of amides is 3. The number of nitrogens with one attached hydrogen (secondary N) is 2. The van der Waals surface area contributed by atoms with Gasteiger partial charge >= 0.3 is 0 Å². The number of benzene rings is 2. The van der Waals surface area contributed by atoms with Gasteiger partial charge in [-0.3, -0.25) is 14.4 Å². The fraction of sp³-hybridized carbons (Fsp3) is 0.571. The van der Waals surface area contributed by atoms with Crippen molar-refractivity contribution in [2.75, 3.05) is 32.7 Å². The fourth-order valence-electron chi connectivity index (χ4n) is 8.55. The molecule has 3 amide bonds. The van der Waals surface area contributed by atoms with Gasteiger partial charge in [0.1, 0.15) is 0 Å². The second-order valence-electron chi connectivity index (χ2n) is 13.8. The van der Waals surface area contributed by atoms with E-state index in [2.05, 4.69) is 21.6 Å². The normalized spacial score (nSPS) is 28.0. The van der Waals surface area contributed by atoms with Crippen LogP contribution in [-0.2, 0) is 11.2 Å². The molecule has 1 saturated carbocycles. The monoisotopic (exact) mass is 602 g/mol. The van der Waals surface area contributed by atoms with E-state index in [4.69, 9.17) is 11.6 Å². The van der Waals surface area contributed by atoms with Crippen molar-refractivity contribution in [1.29, 1.82) is 0 Å². The Labute approximate surface area is 259 Å². The number of carbonyl (C=O) groups is 3. The zero-order valence-electron chi connectivity index (χ0n) is 25.0. The van der Waals surface area contributed by atoms with Crippen LogP contribution in [0.4, 0.5) is 0 Å². The molecule has 8 rings (SSSR count). The van der Waals surface area contributed by atoms with Crippen LogP contribution in [0, 0.1) is 17.3 Å². The highest BCUT2D eigenvalue weighted by Gasteiger charge is 2.42. The van der Waals surface area contributed by atoms with E-state index in [1.807, 2.05) is 29.2 Å². The molecule has 7 nitrogen and oxygen atoms in total. The molecule has 4 saturated heterocycles. The maximum absolute atomic E-state index is 13.6. The first-order chi connectivity index (χ1) is 20.9. The van der Waals surface area contributed by atoms with E-state index in [0.717, 1.165) is 76.6 Å². The molecule has 8 heteroatoms. The molecule has 0 unspecified atom stereocenters. The number of likely N-dealkylation sites (tertiary alicyclic amines) is 1. The van der Waals surface area contributed by atoms with Crippen LogP contribution in [0.25, 0.3) is 0 Å². The molecule has 2 atom stereocenters. The summed E-state index contributed by atoms with van der Waals surface area (Å²) in [4.78, 5) is 44.2. The van der Waals surface area contributed by atoms with Crippen molar-refractivity contribution < 1.29 is 14.4 Å². The molecular weight excluding hydrogens is 560 g/mol. The van der Waals surface area contributed by atoms with Crippen molar-refractivity contribution in [1.82, 2.24) is 20.4 Å². The van der Waals surface area contributed by atoms with Crippen LogP contribution < -0.4 is 10.6 Å². The van der Waals surface area contributed by atoms with Crippen molar-refractivity contribution in [2.24, 2.45) is 17.3 Å². The van der Waals surface area contributed by atoms with Crippen LogP contribution in [0.3, 0.4) is 0 Å². The lowest BCUT2D eigenvalue weighted by Gasteiger charge is -2.47. The third-order valence-electron chi connectivity index (χ3n) is 11.4. The van der Waals surface area contributed by atoms with Gasteiger partial charge in [0.15, 0.2) is 0 Å². The Balaban J connectivity index is 0.923. The van der Waals surface area contributed by atoms with Gasteiger partial charge in [-0.1, -0.05) is 29.8 Å². The van der Waals surface area contributed by atoms with Crippen LogP contribution in [0.1, 0.15) is 95.7 Å². The van der Waals surface area contributed by atoms with Gasteiger partial charge in [0.2, 0.25) is 5.91 Å². The van der Waals surface area contributed by atoms with E-state index in [1.165, 1.54) is 31.5 Å².